The SMILES string of the molecule is Cc1cc(-c2nn(-c3ccccc3)cc2/C=C(/C#N)C(=O)NCc2ccccc2)ccc1OC(C)C. The Morgan fingerprint density at radius 3 is 2.42 bits per heavy atom. The van der Waals surface area contributed by atoms with Gasteiger partial charge in [-0.15, -0.1) is 0 Å². The molecule has 0 atom stereocenters. The highest BCUT2D eigenvalue weighted by atomic mass is 16.5. The van der Waals surface area contributed by atoms with Crippen molar-refractivity contribution < 1.29 is 9.53 Å². The summed E-state index contributed by atoms with van der Waals surface area (Å²) in [7, 11) is 0. The maximum absolute atomic E-state index is 12.8. The van der Waals surface area contributed by atoms with Gasteiger partial charge >= 0.3 is 0 Å². The Kier molecular flexibility index (Phi) is 7.62. The highest BCUT2D eigenvalue weighted by molar-refractivity contribution is 6.02. The van der Waals surface area contributed by atoms with Gasteiger partial charge in [-0.05, 0) is 68.3 Å². The number of nitrogens with zero attached hydrogens (tertiary/aromatic N) is 3. The predicted octanol–water partition coefficient (Wildman–Crippen LogP) is 5.86. The summed E-state index contributed by atoms with van der Waals surface area (Å²) in [6.07, 6.45) is 3.49. The number of aryl methyl sites for hydroxylation is 1. The highest BCUT2D eigenvalue weighted by Crippen LogP contribution is 2.30. The van der Waals surface area contributed by atoms with Crippen LogP contribution in [0.5, 0.6) is 5.75 Å². The molecular formula is C30H28N4O2. The number of nitriles is 1. The summed E-state index contributed by atoms with van der Waals surface area (Å²) < 4.78 is 7.64. The van der Waals surface area contributed by atoms with Crippen LogP contribution in [0.4, 0.5) is 0 Å². The van der Waals surface area contributed by atoms with Gasteiger partial charge in [0.15, 0.2) is 0 Å². The van der Waals surface area contributed by atoms with Crippen LogP contribution in [0.3, 0.4) is 0 Å². The molecule has 0 saturated heterocycles. The van der Waals surface area contributed by atoms with Crippen molar-refractivity contribution in [1.29, 1.82) is 5.26 Å². The van der Waals surface area contributed by atoms with Crippen LogP contribution in [-0.2, 0) is 11.3 Å². The molecule has 0 unspecified atom stereocenters. The minimum absolute atomic E-state index is 0.0104. The van der Waals surface area contributed by atoms with Gasteiger partial charge in [0, 0.05) is 23.9 Å². The van der Waals surface area contributed by atoms with Gasteiger partial charge < -0.3 is 10.1 Å². The molecule has 4 aromatic rings. The minimum atomic E-state index is -0.434. The first-order chi connectivity index (χ1) is 17.4. The molecule has 1 N–H and O–H groups in total. The molecule has 6 heteroatoms. The number of ether oxygens (including phenoxy) is 1. The molecule has 0 aliphatic heterocycles. The van der Waals surface area contributed by atoms with Crippen LogP contribution in [0.1, 0.15) is 30.5 Å². The van der Waals surface area contributed by atoms with E-state index in [4.69, 9.17) is 9.84 Å². The maximum Gasteiger partial charge on any atom is 0.262 e. The topological polar surface area (TPSA) is 79.9 Å². The minimum Gasteiger partial charge on any atom is -0.491 e. The molecule has 6 nitrogen and oxygen atoms in total. The van der Waals surface area contributed by atoms with Gasteiger partial charge in [0.25, 0.3) is 5.91 Å². The summed E-state index contributed by atoms with van der Waals surface area (Å²) in [5.74, 6) is 0.378. The number of hydrogen-bond donors (Lipinski definition) is 1. The number of nitrogens with one attached hydrogen (secondary N) is 1. The highest BCUT2D eigenvalue weighted by Gasteiger charge is 2.16. The van der Waals surface area contributed by atoms with Gasteiger partial charge in [-0.1, -0.05) is 48.5 Å². The van der Waals surface area contributed by atoms with Crippen LogP contribution in [0.15, 0.2) is 90.6 Å². The monoisotopic (exact) mass is 476 g/mol. The Hall–Kier alpha value is -4.63. The third-order valence-electron chi connectivity index (χ3n) is 5.54. The third kappa shape index (κ3) is 5.89. The zero-order chi connectivity index (χ0) is 25.5. The molecule has 180 valence electrons. The van der Waals surface area contributed by atoms with Crippen LogP contribution in [-0.4, -0.2) is 21.8 Å². The molecule has 1 amide bonds. The first kappa shape index (κ1) is 24.5. The average molecular weight is 477 g/mol. The van der Waals surface area contributed by atoms with Gasteiger partial charge in [-0.2, -0.15) is 10.4 Å². The van der Waals surface area contributed by atoms with E-state index in [0.29, 0.717) is 17.8 Å². The molecule has 4 rings (SSSR count). The molecule has 3 aromatic carbocycles. The third-order valence-corrected chi connectivity index (χ3v) is 5.54. The first-order valence-electron chi connectivity index (χ1n) is 11.8. The molecule has 0 fully saturated rings. The van der Waals surface area contributed by atoms with E-state index in [2.05, 4.69) is 5.32 Å². The quantitative estimate of drug-likeness (QED) is 0.255. The van der Waals surface area contributed by atoms with Gasteiger partial charge in [0.05, 0.1) is 11.8 Å². The maximum atomic E-state index is 12.8. The smallest absolute Gasteiger partial charge is 0.262 e. The van der Waals surface area contributed by atoms with Gasteiger partial charge in [0.2, 0.25) is 0 Å². The summed E-state index contributed by atoms with van der Waals surface area (Å²) in [5, 5.41) is 17.4. The number of aromatic nitrogens is 2. The Labute approximate surface area is 211 Å². The van der Waals surface area contributed by atoms with Crippen molar-refractivity contribution in [2.45, 2.75) is 33.4 Å². The standard InChI is InChI=1S/C30H28N4O2/c1-21(2)36-28-15-14-24(16-22(28)3)29-26(20-34(33-29)27-12-8-5-9-13-27)17-25(18-31)30(35)32-19-23-10-6-4-7-11-23/h4-17,20-21H,19H2,1-3H3,(H,32,35)/b25-17-. The molecule has 0 aliphatic rings. The zero-order valence-corrected chi connectivity index (χ0v) is 20.6. The van der Waals surface area contributed by atoms with Crippen molar-refractivity contribution in [3.63, 3.8) is 0 Å². The lowest BCUT2D eigenvalue weighted by molar-refractivity contribution is -0.117. The molecule has 1 aromatic heterocycles. The molecule has 0 bridgehead atoms. The Morgan fingerprint density at radius 2 is 1.78 bits per heavy atom. The lowest BCUT2D eigenvalue weighted by Crippen LogP contribution is -2.23. The van der Waals surface area contributed by atoms with Crippen molar-refractivity contribution >= 4 is 12.0 Å². The van der Waals surface area contributed by atoms with E-state index < -0.39 is 5.91 Å². The largest absolute Gasteiger partial charge is 0.491 e. The van der Waals surface area contributed by atoms with E-state index >= 15 is 0 Å². The summed E-state index contributed by atoms with van der Waals surface area (Å²) in [5.41, 5.74) is 5.03. The van der Waals surface area contributed by atoms with E-state index in [-0.39, 0.29) is 11.7 Å². The molecule has 0 saturated carbocycles. The first-order valence-corrected chi connectivity index (χ1v) is 11.8. The number of hydrogen-bond acceptors (Lipinski definition) is 4. The fourth-order valence-electron chi connectivity index (χ4n) is 3.79. The van der Waals surface area contributed by atoms with E-state index in [1.807, 2.05) is 112 Å². The van der Waals surface area contributed by atoms with E-state index in [9.17, 15) is 10.1 Å². The Bertz CT molecular complexity index is 1410. The molecule has 0 aliphatic carbocycles. The second-order valence-electron chi connectivity index (χ2n) is 8.70. The second-order valence-corrected chi connectivity index (χ2v) is 8.70. The van der Waals surface area contributed by atoms with Crippen LogP contribution in [0.2, 0.25) is 0 Å². The zero-order valence-electron chi connectivity index (χ0n) is 20.6. The predicted molar refractivity (Wildman–Crippen MR) is 141 cm³/mol. The van der Waals surface area contributed by atoms with Crippen molar-refractivity contribution in [2.24, 2.45) is 0 Å². The van der Waals surface area contributed by atoms with Gasteiger partial charge in [-0.3, -0.25) is 4.79 Å². The summed E-state index contributed by atoms with van der Waals surface area (Å²) in [6.45, 7) is 6.31. The van der Waals surface area contributed by atoms with E-state index in [1.165, 1.54) is 0 Å². The second kappa shape index (κ2) is 11.2. The van der Waals surface area contributed by atoms with Gasteiger partial charge in [-0.25, -0.2) is 4.68 Å². The number of carbonyl (C=O) groups is 1. The van der Waals surface area contributed by atoms with E-state index in [1.54, 1.807) is 10.8 Å². The number of benzene rings is 3. The summed E-state index contributed by atoms with van der Waals surface area (Å²) >= 11 is 0. The lowest BCUT2D eigenvalue weighted by Gasteiger charge is -2.13. The lowest BCUT2D eigenvalue weighted by atomic mass is 10.0. The van der Waals surface area contributed by atoms with Crippen molar-refractivity contribution in [1.82, 2.24) is 15.1 Å². The van der Waals surface area contributed by atoms with Crippen LogP contribution in [0, 0.1) is 18.3 Å². The number of carbonyl (C=O) groups excluding carboxylic acids is 1. The molecule has 0 spiro atoms. The van der Waals surface area contributed by atoms with Gasteiger partial charge in [0.1, 0.15) is 23.1 Å². The number of amides is 1. The normalized spacial score (nSPS) is 11.2. The summed E-state index contributed by atoms with van der Waals surface area (Å²) in [4.78, 5) is 12.8. The number of rotatable bonds is 8. The van der Waals surface area contributed by atoms with Crippen molar-refractivity contribution in [3.8, 4) is 28.8 Å². The summed E-state index contributed by atoms with van der Waals surface area (Å²) in [6, 6.07) is 27.2. The fourth-order valence-corrected chi connectivity index (χ4v) is 3.79. The fraction of sp³-hybridized carbons (Fsp3) is 0.167. The molecule has 0 radical (unpaired) electrons. The Balaban J connectivity index is 1.71. The molecule has 36 heavy (non-hydrogen) atoms. The van der Waals surface area contributed by atoms with Crippen molar-refractivity contribution in [3.05, 3.63) is 107 Å². The van der Waals surface area contributed by atoms with Crippen molar-refractivity contribution in [2.75, 3.05) is 0 Å². The molecule has 1 heterocycles. The average Bonchev–Trinajstić information content (AvgIpc) is 3.32. The van der Waals surface area contributed by atoms with Crippen LogP contribution in [0.25, 0.3) is 23.0 Å². The number of para-hydroxylation sites is 1. The van der Waals surface area contributed by atoms with E-state index in [0.717, 1.165) is 28.1 Å². The Morgan fingerprint density at radius 1 is 1.08 bits per heavy atom. The van der Waals surface area contributed by atoms with Crippen LogP contribution >= 0.6 is 0 Å². The van der Waals surface area contributed by atoms with Crippen LogP contribution < -0.4 is 10.1 Å². The molecular weight excluding hydrogens is 448 g/mol.